The number of nitrogens with zero attached hydrogens (tertiary/aromatic N) is 4. The van der Waals surface area contributed by atoms with E-state index in [4.69, 9.17) is 11.6 Å². The van der Waals surface area contributed by atoms with E-state index in [2.05, 4.69) is 20.8 Å². The molecule has 1 aliphatic rings. The van der Waals surface area contributed by atoms with E-state index in [9.17, 15) is 8.78 Å². The maximum atomic E-state index is 14.1. The Kier molecular flexibility index (Phi) is 3.50. The van der Waals surface area contributed by atoms with Crippen molar-refractivity contribution in [2.45, 2.75) is 6.04 Å². The Bertz CT molecular complexity index is 916. The van der Waals surface area contributed by atoms with Gasteiger partial charge < -0.3 is 5.32 Å². The van der Waals surface area contributed by atoms with Crippen LogP contribution in [0, 0.1) is 11.6 Å². The summed E-state index contributed by atoms with van der Waals surface area (Å²) in [6, 6.07) is 10.4. The normalized spacial score (nSPS) is 16.3. The topological polar surface area (TPSA) is 55.6 Å². The molecule has 5 nitrogen and oxygen atoms in total. The van der Waals surface area contributed by atoms with Crippen LogP contribution in [-0.2, 0) is 0 Å². The van der Waals surface area contributed by atoms with Gasteiger partial charge >= 0.3 is 0 Å². The van der Waals surface area contributed by atoms with E-state index in [1.807, 2.05) is 12.1 Å². The average Bonchev–Trinajstić information content (AvgIpc) is 3.03. The lowest BCUT2D eigenvalue weighted by Gasteiger charge is -2.23. The molecule has 4 rings (SSSR count). The molecule has 120 valence electrons. The molecule has 0 bridgehead atoms. The van der Waals surface area contributed by atoms with Gasteiger partial charge in [0.2, 0.25) is 5.95 Å². The minimum atomic E-state index is -0.662. The molecule has 1 aromatic heterocycles. The third-order valence-corrected chi connectivity index (χ3v) is 4.02. The lowest BCUT2D eigenvalue weighted by Crippen LogP contribution is -2.21. The minimum Gasteiger partial charge on any atom is -0.322 e. The van der Waals surface area contributed by atoms with Crippen LogP contribution in [0.3, 0.4) is 0 Å². The number of fused-ring (bicyclic) bond motifs is 1. The Morgan fingerprint density at radius 1 is 1.04 bits per heavy atom. The second kappa shape index (κ2) is 5.68. The summed E-state index contributed by atoms with van der Waals surface area (Å²) >= 11 is 5.92. The second-order valence-electron chi connectivity index (χ2n) is 5.25. The lowest BCUT2D eigenvalue weighted by atomic mass is 10.0. The van der Waals surface area contributed by atoms with E-state index in [0.29, 0.717) is 11.0 Å². The smallest absolute Gasteiger partial charge is 0.248 e. The van der Waals surface area contributed by atoms with Crippen LogP contribution >= 0.6 is 11.6 Å². The van der Waals surface area contributed by atoms with Gasteiger partial charge in [-0.15, -0.1) is 0 Å². The number of anilines is 1. The van der Waals surface area contributed by atoms with Crippen LogP contribution in [0.25, 0.3) is 5.70 Å². The molecule has 0 saturated carbocycles. The first kappa shape index (κ1) is 14.8. The minimum absolute atomic E-state index is 0.147. The number of allylic oxidation sites excluding steroid dienone is 1. The van der Waals surface area contributed by atoms with Crippen LogP contribution in [0.15, 0.2) is 48.5 Å². The van der Waals surface area contributed by atoms with Gasteiger partial charge in [0, 0.05) is 5.02 Å². The Morgan fingerprint density at radius 3 is 2.46 bits per heavy atom. The Balaban J connectivity index is 1.86. The van der Waals surface area contributed by atoms with Crippen molar-refractivity contribution in [2.75, 3.05) is 5.32 Å². The molecule has 0 unspecified atom stereocenters. The summed E-state index contributed by atoms with van der Waals surface area (Å²) in [5, 5.41) is 14.9. The van der Waals surface area contributed by atoms with Crippen LogP contribution in [0.2, 0.25) is 5.02 Å². The highest BCUT2D eigenvalue weighted by molar-refractivity contribution is 6.30. The number of nitrogens with one attached hydrogen (secondary N) is 1. The van der Waals surface area contributed by atoms with Gasteiger partial charge in [0.15, 0.2) is 0 Å². The molecule has 2 aromatic carbocycles. The van der Waals surface area contributed by atoms with Gasteiger partial charge in [-0.2, -0.15) is 4.68 Å². The van der Waals surface area contributed by atoms with Crippen molar-refractivity contribution >= 4 is 23.2 Å². The van der Waals surface area contributed by atoms with Crippen molar-refractivity contribution in [2.24, 2.45) is 0 Å². The first-order chi connectivity index (χ1) is 11.6. The highest BCUT2D eigenvalue weighted by atomic mass is 35.5. The van der Waals surface area contributed by atoms with Crippen LogP contribution in [0.1, 0.15) is 17.2 Å². The molecule has 1 atom stereocenters. The lowest BCUT2D eigenvalue weighted by molar-refractivity contribution is 0.569. The first-order valence-corrected chi connectivity index (χ1v) is 7.48. The molecule has 0 fully saturated rings. The molecule has 0 radical (unpaired) electrons. The van der Waals surface area contributed by atoms with Gasteiger partial charge in [0.05, 0.1) is 11.3 Å². The van der Waals surface area contributed by atoms with Crippen LogP contribution in [-0.4, -0.2) is 20.2 Å². The third kappa shape index (κ3) is 2.43. The Labute approximate surface area is 140 Å². The van der Waals surface area contributed by atoms with Crippen molar-refractivity contribution < 1.29 is 8.78 Å². The van der Waals surface area contributed by atoms with Gasteiger partial charge in [-0.05, 0) is 46.3 Å². The molecule has 1 N–H and O–H groups in total. The number of aromatic nitrogens is 4. The van der Waals surface area contributed by atoms with Gasteiger partial charge in [-0.25, -0.2) is 8.78 Å². The maximum Gasteiger partial charge on any atom is 0.248 e. The Hall–Kier alpha value is -2.80. The highest BCUT2D eigenvalue weighted by Crippen LogP contribution is 2.33. The van der Waals surface area contributed by atoms with Crippen LogP contribution in [0.4, 0.5) is 14.7 Å². The van der Waals surface area contributed by atoms with Gasteiger partial charge in [-0.3, -0.25) is 0 Å². The maximum absolute atomic E-state index is 14.1. The van der Waals surface area contributed by atoms with Gasteiger partial charge in [0.25, 0.3) is 0 Å². The van der Waals surface area contributed by atoms with E-state index in [1.54, 1.807) is 18.2 Å². The van der Waals surface area contributed by atoms with Crippen molar-refractivity contribution in [1.82, 2.24) is 20.2 Å². The van der Waals surface area contributed by atoms with E-state index >= 15 is 0 Å². The number of hydrogen-bond donors (Lipinski definition) is 1. The predicted molar refractivity (Wildman–Crippen MR) is 85.4 cm³/mol. The van der Waals surface area contributed by atoms with Gasteiger partial charge in [0.1, 0.15) is 17.7 Å². The molecular weight excluding hydrogens is 336 g/mol. The van der Waals surface area contributed by atoms with Crippen molar-refractivity contribution in [1.29, 1.82) is 0 Å². The molecule has 24 heavy (non-hydrogen) atoms. The number of halogens is 3. The zero-order valence-corrected chi connectivity index (χ0v) is 12.9. The van der Waals surface area contributed by atoms with Crippen molar-refractivity contribution in [3.8, 4) is 0 Å². The molecule has 2 heterocycles. The zero-order chi connectivity index (χ0) is 16.7. The molecule has 3 aromatic rings. The fraction of sp³-hybridized carbons (Fsp3) is 0.0625. The Morgan fingerprint density at radius 2 is 1.75 bits per heavy atom. The summed E-state index contributed by atoms with van der Waals surface area (Å²) in [5.74, 6) is -1.02. The highest BCUT2D eigenvalue weighted by Gasteiger charge is 2.26. The molecule has 8 heteroatoms. The molecule has 1 aliphatic heterocycles. The first-order valence-electron chi connectivity index (χ1n) is 7.10. The zero-order valence-electron chi connectivity index (χ0n) is 12.1. The van der Waals surface area contributed by atoms with Crippen molar-refractivity contribution in [3.05, 3.63) is 76.3 Å². The summed E-state index contributed by atoms with van der Waals surface area (Å²) in [7, 11) is 0. The predicted octanol–water partition coefficient (Wildman–Crippen LogP) is 3.66. The summed E-state index contributed by atoms with van der Waals surface area (Å²) in [4.78, 5) is 0. The fourth-order valence-corrected chi connectivity index (χ4v) is 2.78. The summed E-state index contributed by atoms with van der Waals surface area (Å²) in [6.45, 7) is 0. The van der Waals surface area contributed by atoms with E-state index < -0.39 is 17.7 Å². The van der Waals surface area contributed by atoms with Gasteiger partial charge in [-0.1, -0.05) is 34.9 Å². The number of tetrazole rings is 1. The second-order valence-corrected chi connectivity index (χ2v) is 5.68. The van der Waals surface area contributed by atoms with E-state index in [0.717, 1.165) is 5.56 Å². The van der Waals surface area contributed by atoms with E-state index in [-0.39, 0.29) is 11.3 Å². The summed E-state index contributed by atoms with van der Waals surface area (Å²) in [6.07, 6.45) is 1.67. The monoisotopic (exact) mass is 345 g/mol. The number of benzene rings is 2. The fourth-order valence-electron chi connectivity index (χ4n) is 2.65. The quantitative estimate of drug-likeness (QED) is 0.770. The largest absolute Gasteiger partial charge is 0.322 e. The SMILES string of the molecule is Fc1cccc(F)c1C1=C[C@H](c2ccc(Cl)cc2)n2nnnc2N1. The average molecular weight is 346 g/mol. The third-order valence-electron chi connectivity index (χ3n) is 3.77. The summed E-state index contributed by atoms with van der Waals surface area (Å²) < 4.78 is 29.8. The molecule has 0 spiro atoms. The molecular formula is C16H10ClF2N5. The van der Waals surface area contributed by atoms with E-state index in [1.165, 1.54) is 22.9 Å². The van der Waals surface area contributed by atoms with Crippen LogP contribution < -0.4 is 5.32 Å². The molecule has 0 aliphatic carbocycles. The van der Waals surface area contributed by atoms with Crippen LogP contribution in [0.5, 0.6) is 0 Å². The molecule has 0 saturated heterocycles. The van der Waals surface area contributed by atoms with Crippen molar-refractivity contribution in [3.63, 3.8) is 0 Å². The standard InChI is InChI=1S/C16H10ClF2N5/c17-10-6-4-9(5-7-10)14-8-13(20-16-21-22-23-24(14)16)15-11(18)2-1-3-12(15)19/h1-8,14H,(H,20,21,23)/t14-/m1/s1. The summed E-state index contributed by atoms with van der Waals surface area (Å²) in [5.41, 5.74) is 0.960. The number of hydrogen-bond acceptors (Lipinski definition) is 4. The number of rotatable bonds is 2. The molecule has 0 amide bonds.